The predicted octanol–water partition coefficient (Wildman–Crippen LogP) is -0.0843. The third-order valence-electron chi connectivity index (χ3n) is 0.676. The molecule has 0 saturated heterocycles. The highest BCUT2D eigenvalue weighted by Crippen LogP contribution is 2.26. The first kappa shape index (κ1) is 8.11. The molecule has 0 heterocycles. The zero-order valence-corrected chi connectivity index (χ0v) is 5.90. The van der Waals surface area contributed by atoms with E-state index in [1.165, 1.54) is 7.05 Å². The normalized spacial score (nSPS) is 17.9. The van der Waals surface area contributed by atoms with E-state index in [1.54, 1.807) is 6.92 Å². The van der Waals surface area contributed by atoms with Gasteiger partial charge in [0.1, 0.15) is 0 Å². The smallest absolute Gasteiger partial charge is 0.322 e. The molecule has 4 nitrogen and oxygen atoms in total. The summed E-state index contributed by atoms with van der Waals surface area (Å²) in [6.07, 6.45) is 0. The third kappa shape index (κ3) is 3.16. The van der Waals surface area contributed by atoms with Crippen molar-refractivity contribution in [3.05, 3.63) is 0 Å². The molecular formula is C3H11N2O2P. The second-order valence-electron chi connectivity index (χ2n) is 1.31. The highest BCUT2D eigenvalue weighted by Gasteiger charge is 2.09. The van der Waals surface area contributed by atoms with E-state index in [-0.39, 0.29) is 0 Å². The van der Waals surface area contributed by atoms with Gasteiger partial charge in [0.05, 0.1) is 0 Å². The fourth-order valence-corrected chi connectivity index (χ4v) is 0.880. The average Bonchev–Trinajstić information content (AvgIpc) is 1.67. The highest BCUT2D eigenvalue weighted by atomic mass is 31.2. The van der Waals surface area contributed by atoms with Crippen molar-refractivity contribution < 1.29 is 9.46 Å². The molecule has 0 aromatic heterocycles. The molecule has 0 bridgehead atoms. The summed E-state index contributed by atoms with van der Waals surface area (Å²) in [6.45, 7) is 2.26. The van der Waals surface area contributed by atoms with Crippen LogP contribution in [0.1, 0.15) is 6.92 Å². The maximum atomic E-state index is 10.5. The van der Waals surface area contributed by atoms with Gasteiger partial charge in [0, 0.05) is 6.54 Å². The second-order valence-corrected chi connectivity index (χ2v) is 3.23. The van der Waals surface area contributed by atoms with Crippen LogP contribution in [0.25, 0.3) is 0 Å². The zero-order chi connectivity index (χ0) is 6.62. The lowest BCUT2D eigenvalue weighted by molar-refractivity contribution is 0.454. The van der Waals surface area contributed by atoms with Crippen molar-refractivity contribution in [1.29, 1.82) is 0 Å². The first-order chi connectivity index (χ1) is 3.62. The van der Waals surface area contributed by atoms with Crippen LogP contribution in [0.5, 0.6) is 0 Å². The van der Waals surface area contributed by atoms with Gasteiger partial charge >= 0.3 is 7.67 Å². The van der Waals surface area contributed by atoms with Crippen LogP contribution in [0.3, 0.4) is 0 Å². The Balaban J connectivity index is 3.55. The Morgan fingerprint density at radius 3 is 2.38 bits per heavy atom. The summed E-state index contributed by atoms with van der Waals surface area (Å²) in [5.74, 6) is 0. The number of nitrogens with one attached hydrogen (secondary N) is 2. The molecule has 0 aliphatic rings. The molecule has 8 heavy (non-hydrogen) atoms. The number of rotatable bonds is 3. The molecule has 0 aliphatic carbocycles. The number of hydrogen-bond donors (Lipinski definition) is 3. The van der Waals surface area contributed by atoms with Gasteiger partial charge in [0.2, 0.25) is 0 Å². The van der Waals surface area contributed by atoms with Gasteiger partial charge in [-0.3, -0.25) is 4.57 Å². The Morgan fingerprint density at radius 2 is 2.25 bits per heavy atom. The molecule has 1 atom stereocenters. The van der Waals surface area contributed by atoms with Gasteiger partial charge in [0.15, 0.2) is 0 Å². The minimum Gasteiger partial charge on any atom is -0.322 e. The fraction of sp³-hybridized carbons (Fsp3) is 1.00. The van der Waals surface area contributed by atoms with Gasteiger partial charge in [-0.1, -0.05) is 6.92 Å². The molecular weight excluding hydrogens is 127 g/mol. The molecule has 0 radical (unpaired) electrons. The van der Waals surface area contributed by atoms with Crippen LogP contribution in [0, 0.1) is 0 Å². The van der Waals surface area contributed by atoms with Crippen LogP contribution in [0.4, 0.5) is 0 Å². The van der Waals surface area contributed by atoms with Crippen molar-refractivity contribution in [2.45, 2.75) is 6.92 Å². The fourth-order valence-electron chi connectivity index (χ4n) is 0.293. The van der Waals surface area contributed by atoms with Gasteiger partial charge in [-0.15, -0.1) is 0 Å². The van der Waals surface area contributed by atoms with Gasteiger partial charge in [-0.25, -0.2) is 10.2 Å². The maximum Gasteiger partial charge on any atom is 0.337 e. The number of hydrogen-bond acceptors (Lipinski definition) is 1. The molecule has 1 unspecified atom stereocenters. The van der Waals surface area contributed by atoms with Crippen molar-refractivity contribution >= 4 is 7.67 Å². The Kier molecular flexibility index (Phi) is 3.24. The predicted molar refractivity (Wildman–Crippen MR) is 32.6 cm³/mol. The maximum absolute atomic E-state index is 10.5. The van der Waals surface area contributed by atoms with Crippen molar-refractivity contribution in [3.8, 4) is 0 Å². The summed E-state index contributed by atoms with van der Waals surface area (Å²) in [5.41, 5.74) is 0. The van der Waals surface area contributed by atoms with Crippen molar-refractivity contribution in [3.63, 3.8) is 0 Å². The van der Waals surface area contributed by atoms with Gasteiger partial charge in [0.25, 0.3) is 0 Å². The van der Waals surface area contributed by atoms with Crippen LogP contribution in [0.15, 0.2) is 0 Å². The van der Waals surface area contributed by atoms with Crippen LogP contribution in [-0.2, 0) is 4.57 Å². The lowest BCUT2D eigenvalue weighted by atomic mass is 10.8. The topological polar surface area (TPSA) is 61.4 Å². The summed E-state index contributed by atoms with van der Waals surface area (Å²) >= 11 is 0. The van der Waals surface area contributed by atoms with E-state index in [0.717, 1.165) is 0 Å². The van der Waals surface area contributed by atoms with Crippen molar-refractivity contribution in [2.24, 2.45) is 0 Å². The second kappa shape index (κ2) is 3.20. The molecule has 0 fully saturated rings. The van der Waals surface area contributed by atoms with E-state index in [4.69, 9.17) is 4.89 Å². The van der Waals surface area contributed by atoms with E-state index in [2.05, 4.69) is 10.2 Å². The SMILES string of the molecule is CCNP(=O)(O)NC. The Morgan fingerprint density at radius 1 is 1.75 bits per heavy atom. The molecule has 0 saturated carbocycles. The summed E-state index contributed by atoms with van der Waals surface area (Å²) in [5, 5.41) is 4.61. The van der Waals surface area contributed by atoms with E-state index < -0.39 is 7.67 Å². The van der Waals surface area contributed by atoms with E-state index >= 15 is 0 Å². The van der Waals surface area contributed by atoms with E-state index in [0.29, 0.717) is 6.54 Å². The minimum absolute atomic E-state index is 0.495. The Labute approximate surface area is 48.9 Å². The molecule has 0 aromatic carbocycles. The summed E-state index contributed by atoms with van der Waals surface area (Å²) in [7, 11) is -1.74. The Bertz CT molecular complexity index is 105. The lowest BCUT2D eigenvalue weighted by Gasteiger charge is -2.07. The molecule has 0 amide bonds. The monoisotopic (exact) mass is 138 g/mol. The highest BCUT2D eigenvalue weighted by molar-refractivity contribution is 7.53. The summed E-state index contributed by atoms with van der Waals surface area (Å²) in [4.78, 5) is 8.66. The first-order valence-corrected chi connectivity index (χ1v) is 4.05. The largest absolute Gasteiger partial charge is 0.337 e. The Hall–Kier alpha value is 0.110. The first-order valence-electron chi connectivity index (χ1n) is 2.39. The third-order valence-corrected chi connectivity index (χ3v) is 2.03. The van der Waals surface area contributed by atoms with Crippen LogP contribution in [-0.4, -0.2) is 18.5 Å². The van der Waals surface area contributed by atoms with Crippen LogP contribution >= 0.6 is 7.67 Å². The van der Waals surface area contributed by atoms with Crippen molar-refractivity contribution in [1.82, 2.24) is 10.2 Å². The molecule has 50 valence electrons. The van der Waals surface area contributed by atoms with Crippen LogP contribution < -0.4 is 10.2 Å². The quantitative estimate of drug-likeness (QED) is 0.477. The molecule has 3 N–H and O–H groups in total. The average molecular weight is 138 g/mol. The molecule has 0 spiro atoms. The van der Waals surface area contributed by atoms with E-state index in [1.807, 2.05) is 0 Å². The van der Waals surface area contributed by atoms with Crippen LogP contribution in [0.2, 0.25) is 0 Å². The van der Waals surface area contributed by atoms with E-state index in [9.17, 15) is 4.57 Å². The molecule has 0 rings (SSSR count). The summed E-state index contributed by atoms with van der Waals surface area (Å²) < 4.78 is 10.5. The summed E-state index contributed by atoms with van der Waals surface area (Å²) in [6, 6.07) is 0. The molecule has 0 aromatic rings. The minimum atomic E-state index is -3.17. The van der Waals surface area contributed by atoms with Gasteiger partial charge < -0.3 is 4.89 Å². The lowest BCUT2D eigenvalue weighted by Crippen LogP contribution is -2.17. The zero-order valence-electron chi connectivity index (χ0n) is 5.01. The van der Waals surface area contributed by atoms with Crippen molar-refractivity contribution in [2.75, 3.05) is 13.6 Å². The van der Waals surface area contributed by atoms with Gasteiger partial charge in [-0.05, 0) is 7.05 Å². The van der Waals surface area contributed by atoms with Gasteiger partial charge in [-0.2, -0.15) is 0 Å². The molecule has 5 heteroatoms. The molecule has 0 aliphatic heterocycles. The standard InChI is InChI=1S/C3H11N2O2P/c1-3-5-8(6,7)4-2/h3H2,1-2H3,(H3,4,5,6,7).